The molecule has 8 nitrogen and oxygen atoms in total. The van der Waals surface area contributed by atoms with Gasteiger partial charge in [-0.3, -0.25) is 14.9 Å². The Morgan fingerprint density at radius 3 is 2.50 bits per heavy atom. The first kappa shape index (κ1) is 21.4. The largest absolute Gasteiger partial charge is 0.435 e. The molecule has 3 rings (SSSR count). The molecule has 0 bridgehead atoms. The molecule has 1 saturated heterocycles. The Kier molecular flexibility index (Phi) is 6.78. The van der Waals surface area contributed by atoms with Gasteiger partial charge in [0.25, 0.3) is 11.6 Å². The van der Waals surface area contributed by atoms with Gasteiger partial charge in [-0.1, -0.05) is 12.1 Å². The summed E-state index contributed by atoms with van der Waals surface area (Å²) in [5.41, 5.74) is 1.37. The number of nitro benzene ring substituents is 1. The van der Waals surface area contributed by atoms with Gasteiger partial charge in [0, 0.05) is 38.8 Å². The number of carbonyl (C=O) groups is 1. The minimum atomic E-state index is -2.91. The number of hydrogen-bond acceptors (Lipinski definition) is 6. The Morgan fingerprint density at radius 2 is 1.90 bits per heavy atom. The predicted molar refractivity (Wildman–Crippen MR) is 105 cm³/mol. The van der Waals surface area contributed by atoms with Gasteiger partial charge in [-0.05, 0) is 23.8 Å². The number of benzene rings is 2. The minimum absolute atomic E-state index is 0.0241. The zero-order valence-corrected chi connectivity index (χ0v) is 16.3. The summed E-state index contributed by atoms with van der Waals surface area (Å²) in [7, 11) is 1.58. The van der Waals surface area contributed by atoms with Crippen LogP contribution in [0.3, 0.4) is 0 Å². The molecule has 10 heteroatoms. The molecule has 0 spiro atoms. The van der Waals surface area contributed by atoms with E-state index in [4.69, 9.17) is 4.74 Å². The Balaban J connectivity index is 1.81. The van der Waals surface area contributed by atoms with Crippen LogP contribution in [-0.2, 0) is 11.3 Å². The molecule has 0 unspecified atom stereocenters. The van der Waals surface area contributed by atoms with Gasteiger partial charge in [0.05, 0.1) is 29.4 Å². The lowest BCUT2D eigenvalue weighted by molar-refractivity contribution is -0.384. The van der Waals surface area contributed by atoms with Crippen LogP contribution in [0, 0.1) is 10.1 Å². The topological polar surface area (TPSA) is 85.1 Å². The summed E-state index contributed by atoms with van der Waals surface area (Å²) in [6.45, 7) is -0.548. The van der Waals surface area contributed by atoms with Gasteiger partial charge in [-0.25, -0.2) is 0 Å². The van der Waals surface area contributed by atoms with Crippen LogP contribution in [0.25, 0.3) is 0 Å². The average Bonchev–Trinajstić information content (AvgIpc) is 2.74. The molecule has 2 aromatic carbocycles. The van der Waals surface area contributed by atoms with Gasteiger partial charge < -0.3 is 19.3 Å². The Bertz CT molecular complexity index is 902. The zero-order chi connectivity index (χ0) is 21.7. The van der Waals surface area contributed by atoms with Crippen LogP contribution in [0.15, 0.2) is 42.5 Å². The van der Waals surface area contributed by atoms with Crippen molar-refractivity contribution < 1.29 is 28.0 Å². The highest BCUT2D eigenvalue weighted by Crippen LogP contribution is 2.28. The highest BCUT2D eigenvalue weighted by molar-refractivity contribution is 6.00. The summed E-state index contributed by atoms with van der Waals surface area (Å²) in [6.07, 6.45) is 0. The number of halogens is 2. The number of ether oxygens (including phenoxy) is 2. The molecule has 30 heavy (non-hydrogen) atoms. The first-order valence-corrected chi connectivity index (χ1v) is 9.25. The fourth-order valence-corrected chi connectivity index (χ4v) is 3.22. The maximum absolute atomic E-state index is 13.1. The van der Waals surface area contributed by atoms with Crippen LogP contribution in [0.2, 0.25) is 0 Å². The smallest absolute Gasteiger partial charge is 0.387 e. The van der Waals surface area contributed by atoms with Crippen LogP contribution in [0.1, 0.15) is 15.9 Å². The Morgan fingerprint density at radius 1 is 1.23 bits per heavy atom. The molecule has 0 aromatic heterocycles. The lowest BCUT2D eigenvalue weighted by Gasteiger charge is -2.31. The van der Waals surface area contributed by atoms with Crippen molar-refractivity contribution in [2.75, 3.05) is 38.3 Å². The molecular weight excluding hydrogens is 400 g/mol. The van der Waals surface area contributed by atoms with Gasteiger partial charge in [0.1, 0.15) is 5.75 Å². The van der Waals surface area contributed by atoms with Crippen molar-refractivity contribution >= 4 is 17.3 Å². The van der Waals surface area contributed by atoms with Crippen molar-refractivity contribution in [3.63, 3.8) is 0 Å². The molecule has 1 amide bonds. The number of hydrogen-bond donors (Lipinski definition) is 0. The molecule has 160 valence electrons. The van der Waals surface area contributed by atoms with Gasteiger partial charge in [0.2, 0.25) is 0 Å². The second kappa shape index (κ2) is 9.49. The van der Waals surface area contributed by atoms with E-state index in [-0.39, 0.29) is 29.5 Å². The number of amides is 1. The van der Waals surface area contributed by atoms with Crippen molar-refractivity contribution in [2.24, 2.45) is 0 Å². The summed E-state index contributed by atoms with van der Waals surface area (Å²) in [5.74, 6) is -0.357. The van der Waals surface area contributed by atoms with Gasteiger partial charge in [-0.15, -0.1) is 0 Å². The lowest BCUT2D eigenvalue weighted by Crippen LogP contribution is -2.38. The number of nitrogens with zero attached hydrogens (tertiary/aromatic N) is 3. The molecule has 0 atom stereocenters. The number of non-ortho nitro benzene ring substituents is 1. The highest BCUT2D eigenvalue weighted by atomic mass is 19.3. The monoisotopic (exact) mass is 421 g/mol. The molecule has 0 radical (unpaired) electrons. The minimum Gasteiger partial charge on any atom is -0.435 e. The molecular formula is C20H21F2N3O5. The summed E-state index contributed by atoms with van der Waals surface area (Å²) in [6, 6.07) is 10.2. The summed E-state index contributed by atoms with van der Waals surface area (Å²) in [5, 5.41) is 11.2. The number of alkyl halides is 2. The number of nitro groups is 1. The number of rotatable bonds is 7. The third-order valence-electron chi connectivity index (χ3n) is 4.69. The third kappa shape index (κ3) is 5.20. The van der Waals surface area contributed by atoms with E-state index in [9.17, 15) is 23.7 Å². The maximum atomic E-state index is 13.1. The van der Waals surface area contributed by atoms with Crippen molar-refractivity contribution in [2.45, 2.75) is 13.2 Å². The standard InChI is InChI=1S/C20H21F2N3O5/c1-23(13-14-2-5-16(6-3-14)30-20(21)22)19(26)17-12-15(25(27)28)4-7-18(17)24-8-10-29-11-9-24/h2-7,12,20H,8-11,13H2,1H3. The molecule has 1 aliphatic heterocycles. The second-order valence-corrected chi connectivity index (χ2v) is 6.74. The van der Waals surface area contributed by atoms with E-state index in [1.807, 2.05) is 4.90 Å². The van der Waals surface area contributed by atoms with Gasteiger partial charge in [0.15, 0.2) is 0 Å². The summed E-state index contributed by atoms with van der Waals surface area (Å²) in [4.78, 5) is 27.2. The van der Waals surface area contributed by atoms with Crippen LogP contribution in [0.4, 0.5) is 20.2 Å². The van der Waals surface area contributed by atoms with E-state index >= 15 is 0 Å². The number of carbonyl (C=O) groups excluding carboxylic acids is 1. The van der Waals surface area contributed by atoms with E-state index in [1.165, 1.54) is 29.2 Å². The molecule has 2 aromatic rings. The van der Waals surface area contributed by atoms with Crippen LogP contribution in [-0.4, -0.2) is 55.7 Å². The highest BCUT2D eigenvalue weighted by Gasteiger charge is 2.24. The molecule has 1 aliphatic rings. The predicted octanol–water partition coefficient (Wildman–Crippen LogP) is 3.31. The second-order valence-electron chi connectivity index (χ2n) is 6.74. The van der Waals surface area contributed by atoms with Gasteiger partial charge >= 0.3 is 6.61 Å². The molecule has 1 fully saturated rings. The van der Waals surface area contributed by atoms with Crippen molar-refractivity contribution in [1.29, 1.82) is 0 Å². The SMILES string of the molecule is CN(Cc1ccc(OC(F)F)cc1)C(=O)c1cc([N+](=O)[O-])ccc1N1CCOCC1. The lowest BCUT2D eigenvalue weighted by atomic mass is 10.1. The Labute approximate surface area is 171 Å². The fraction of sp³-hybridized carbons (Fsp3) is 0.350. The number of anilines is 1. The van der Waals surface area contributed by atoms with Gasteiger partial charge in [-0.2, -0.15) is 8.78 Å². The van der Waals surface area contributed by atoms with Crippen LogP contribution in [0.5, 0.6) is 5.75 Å². The normalized spacial score (nSPS) is 13.9. The van der Waals surface area contributed by atoms with Crippen molar-refractivity contribution in [1.82, 2.24) is 4.90 Å². The fourth-order valence-electron chi connectivity index (χ4n) is 3.22. The number of morpholine rings is 1. The van der Waals surface area contributed by atoms with Crippen molar-refractivity contribution in [3.05, 3.63) is 63.7 Å². The quantitative estimate of drug-likeness (QED) is 0.504. The first-order chi connectivity index (χ1) is 14.3. The zero-order valence-electron chi connectivity index (χ0n) is 16.3. The van der Waals surface area contributed by atoms with E-state index in [2.05, 4.69) is 4.74 Å². The van der Waals surface area contributed by atoms with E-state index in [1.54, 1.807) is 25.2 Å². The molecule has 0 aliphatic carbocycles. The molecule has 0 N–H and O–H groups in total. The summed E-state index contributed by atoms with van der Waals surface area (Å²) >= 11 is 0. The van der Waals surface area contributed by atoms with Crippen LogP contribution < -0.4 is 9.64 Å². The summed E-state index contributed by atoms with van der Waals surface area (Å²) < 4.78 is 34.2. The van der Waals surface area contributed by atoms with E-state index in [0.717, 1.165) is 0 Å². The first-order valence-electron chi connectivity index (χ1n) is 9.25. The van der Waals surface area contributed by atoms with Crippen LogP contribution >= 0.6 is 0 Å². The van der Waals surface area contributed by atoms with Crippen molar-refractivity contribution in [3.8, 4) is 5.75 Å². The maximum Gasteiger partial charge on any atom is 0.387 e. The van der Waals surface area contributed by atoms with E-state index < -0.39 is 11.5 Å². The Hall–Kier alpha value is -3.27. The third-order valence-corrected chi connectivity index (χ3v) is 4.69. The average molecular weight is 421 g/mol. The molecule has 0 saturated carbocycles. The van der Waals surface area contributed by atoms with E-state index in [0.29, 0.717) is 37.6 Å². The molecule has 1 heterocycles.